The fourth-order valence-corrected chi connectivity index (χ4v) is 4.40. The lowest BCUT2D eigenvalue weighted by atomic mass is 10.2. The molecule has 11 heteroatoms. The van der Waals surface area contributed by atoms with Crippen molar-refractivity contribution in [3.8, 4) is 5.75 Å². The molecule has 180 valence electrons. The number of ether oxygens (including phenoxy) is 2. The van der Waals surface area contributed by atoms with Gasteiger partial charge in [-0.3, -0.25) is 14.2 Å². The first-order chi connectivity index (χ1) is 16.9. The summed E-state index contributed by atoms with van der Waals surface area (Å²) >= 11 is 6.21. The van der Waals surface area contributed by atoms with Crippen LogP contribution >= 0.6 is 11.6 Å². The van der Waals surface area contributed by atoms with Crippen molar-refractivity contribution in [1.82, 2.24) is 18.7 Å². The van der Waals surface area contributed by atoms with Crippen LogP contribution in [0.5, 0.6) is 5.75 Å². The lowest BCUT2D eigenvalue weighted by Crippen LogP contribution is -2.41. The van der Waals surface area contributed by atoms with Crippen molar-refractivity contribution in [2.24, 2.45) is 7.05 Å². The van der Waals surface area contributed by atoms with Crippen LogP contribution < -0.4 is 20.9 Å². The van der Waals surface area contributed by atoms with Gasteiger partial charge in [0.15, 0.2) is 11.2 Å². The van der Waals surface area contributed by atoms with E-state index in [0.717, 1.165) is 10.1 Å². The van der Waals surface area contributed by atoms with Gasteiger partial charge in [0.05, 0.1) is 12.8 Å². The third-order valence-corrected chi connectivity index (χ3v) is 6.20. The molecule has 0 aliphatic carbocycles. The second-order valence-corrected chi connectivity index (χ2v) is 8.52. The van der Waals surface area contributed by atoms with E-state index in [9.17, 15) is 14.4 Å². The summed E-state index contributed by atoms with van der Waals surface area (Å²) in [5.41, 5.74) is 0.725. The molecule has 0 fully saturated rings. The summed E-state index contributed by atoms with van der Waals surface area (Å²) in [5.74, 6) is 0.401. The summed E-state index contributed by atoms with van der Waals surface area (Å²) in [6.07, 6.45) is 0. The van der Waals surface area contributed by atoms with Crippen molar-refractivity contribution in [2.45, 2.75) is 19.7 Å². The fraction of sp³-hybridized carbons (Fsp3) is 0.250. The first-order valence-corrected chi connectivity index (χ1v) is 11.3. The minimum Gasteiger partial charge on any atom is -0.495 e. The van der Waals surface area contributed by atoms with Crippen LogP contribution in [0.1, 0.15) is 5.56 Å². The largest absolute Gasteiger partial charge is 0.495 e. The van der Waals surface area contributed by atoms with Gasteiger partial charge in [0.2, 0.25) is 5.95 Å². The average Bonchev–Trinajstić information content (AvgIpc) is 3.44. The summed E-state index contributed by atoms with van der Waals surface area (Å²) in [5, 5.41) is 0.527. The van der Waals surface area contributed by atoms with Gasteiger partial charge < -0.3 is 18.9 Å². The minimum absolute atomic E-state index is 0.0511. The lowest BCUT2D eigenvalue weighted by Gasteiger charge is -2.19. The maximum atomic E-state index is 13.4. The highest BCUT2D eigenvalue weighted by atomic mass is 35.5. The molecular formula is C24H22ClN5O5. The number of hydrogen-bond donors (Lipinski definition) is 0. The van der Waals surface area contributed by atoms with Gasteiger partial charge in [-0.1, -0.05) is 41.9 Å². The first-order valence-electron chi connectivity index (χ1n) is 10.9. The Balaban J connectivity index is 1.52. The number of carbonyl (C=O) groups is 1. The summed E-state index contributed by atoms with van der Waals surface area (Å²) in [6.45, 7) is 0.528. The molecule has 0 bridgehead atoms. The van der Waals surface area contributed by atoms with E-state index in [0.29, 0.717) is 35.5 Å². The molecule has 1 aliphatic heterocycles. The second-order valence-electron chi connectivity index (χ2n) is 8.08. The Labute approximate surface area is 204 Å². The summed E-state index contributed by atoms with van der Waals surface area (Å²) in [6, 6.07) is 14.4. The second kappa shape index (κ2) is 8.95. The Morgan fingerprint density at radius 1 is 1.11 bits per heavy atom. The van der Waals surface area contributed by atoms with Crippen LogP contribution in [0.15, 0.2) is 58.1 Å². The smallest absolute Gasteiger partial charge is 0.333 e. The molecule has 2 aromatic carbocycles. The Kier molecular flexibility index (Phi) is 5.81. The predicted octanol–water partition coefficient (Wildman–Crippen LogP) is 2.45. The van der Waals surface area contributed by atoms with E-state index in [1.165, 1.54) is 11.6 Å². The first kappa shape index (κ1) is 22.7. The predicted molar refractivity (Wildman–Crippen MR) is 130 cm³/mol. The number of halogens is 1. The quantitative estimate of drug-likeness (QED) is 0.379. The number of aryl methyl sites for hydroxylation is 1. The van der Waals surface area contributed by atoms with E-state index < -0.39 is 23.8 Å². The number of methoxy groups -OCH3 is 1. The highest BCUT2D eigenvalue weighted by molar-refractivity contribution is 6.31. The SMILES string of the molecule is COc1ccc(Cl)cc1N1CCn2c1nc1c2c(=O)n(CC(=O)OCc2ccccc2)c(=O)n1C. The Hall–Kier alpha value is -4.05. The summed E-state index contributed by atoms with van der Waals surface area (Å²) in [7, 11) is 3.08. The van der Waals surface area contributed by atoms with Crippen molar-refractivity contribution < 1.29 is 14.3 Å². The number of benzene rings is 2. The van der Waals surface area contributed by atoms with Gasteiger partial charge in [-0.05, 0) is 23.8 Å². The Morgan fingerprint density at radius 3 is 2.63 bits per heavy atom. The van der Waals surface area contributed by atoms with Gasteiger partial charge in [0.25, 0.3) is 5.56 Å². The molecule has 5 rings (SSSR count). The lowest BCUT2D eigenvalue weighted by molar-refractivity contribution is -0.145. The van der Waals surface area contributed by atoms with Crippen LogP contribution in [0.4, 0.5) is 11.6 Å². The van der Waals surface area contributed by atoms with Crippen LogP contribution in [-0.4, -0.2) is 38.3 Å². The monoisotopic (exact) mass is 495 g/mol. The van der Waals surface area contributed by atoms with Crippen LogP contribution in [0.25, 0.3) is 11.2 Å². The van der Waals surface area contributed by atoms with Crippen molar-refractivity contribution >= 4 is 40.4 Å². The Morgan fingerprint density at radius 2 is 1.89 bits per heavy atom. The van der Waals surface area contributed by atoms with Gasteiger partial charge in [0, 0.05) is 25.2 Å². The molecule has 0 amide bonds. The molecule has 35 heavy (non-hydrogen) atoms. The fourth-order valence-electron chi connectivity index (χ4n) is 4.23. The molecule has 4 aromatic rings. The molecule has 0 atom stereocenters. The van der Waals surface area contributed by atoms with Gasteiger partial charge in [-0.25, -0.2) is 9.36 Å². The van der Waals surface area contributed by atoms with E-state index >= 15 is 0 Å². The van der Waals surface area contributed by atoms with Crippen LogP contribution in [0, 0.1) is 0 Å². The number of carbonyl (C=O) groups excluding carboxylic acids is 1. The maximum absolute atomic E-state index is 13.4. The number of hydrogen-bond acceptors (Lipinski definition) is 7. The molecule has 0 saturated carbocycles. The van der Waals surface area contributed by atoms with Crippen molar-refractivity contribution in [2.75, 3.05) is 18.6 Å². The number of anilines is 2. The molecule has 3 heterocycles. The number of fused-ring (bicyclic) bond motifs is 3. The van der Waals surface area contributed by atoms with E-state index in [1.807, 2.05) is 35.2 Å². The molecule has 0 saturated heterocycles. The molecular weight excluding hydrogens is 474 g/mol. The van der Waals surface area contributed by atoms with Crippen molar-refractivity contribution in [3.05, 3.63) is 80.0 Å². The highest BCUT2D eigenvalue weighted by Crippen LogP contribution is 2.38. The zero-order valence-corrected chi connectivity index (χ0v) is 19.9. The van der Waals surface area contributed by atoms with Gasteiger partial charge in [-0.15, -0.1) is 0 Å². The molecule has 0 spiro atoms. The maximum Gasteiger partial charge on any atom is 0.333 e. The molecule has 0 unspecified atom stereocenters. The minimum atomic E-state index is -0.682. The standard InChI is InChI=1S/C24H22ClN5O5/c1-27-21-20(22(32)30(24(27)33)13-19(31)35-14-15-6-4-3-5-7-15)29-11-10-28(23(29)26-21)17-12-16(25)8-9-18(17)34-2/h3-9,12H,10-11,13-14H2,1-2H3. The number of imidazole rings is 1. The van der Waals surface area contributed by atoms with Gasteiger partial charge in [-0.2, -0.15) is 4.98 Å². The van der Waals surface area contributed by atoms with Crippen molar-refractivity contribution in [3.63, 3.8) is 0 Å². The summed E-state index contributed by atoms with van der Waals surface area (Å²) in [4.78, 5) is 45.3. The Bertz CT molecular complexity index is 1560. The van der Waals surface area contributed by atoms with Crippen molar-refractivity contribution in [1.29, 1.82) is 0 Å². The molecule has 10 nitrogen and oxygen atoms in total. The zero-order valence-electron chi connectivity index (χ0n) is 19.1. The van der Waals surface area contributed by atoms with E-state index in [-0.39, 0.29) is 17.8 Å². The number of rotatable bonds is 6. The van der Waals surface area contributed by atoms with Crippen LogP contribution in [0.3, 0.4) is 0 Å². The number of aromatic nitrogens is 4. The van der Waals surface area contributed by atoms with Gasteiger partial charge >= 0.3 is 11.7 Å². The van der Waals surface area contributed by atoms with Gasteiger partial charge in [0.1, 0.15) is 18.9 Å². The number of nitrogens with zero attached hydrogens (tertiary/aromatic N) is 5. The normalized spacial score (nSPS) is 12.7. The summed E-state index contributed by atoms with van der Waals surface area (Å²) < 4.78 is 14.6. The topological polar surface area (TPSA) is 101 Å². The third kappa shape index (κ3) is 3.95. The van der Waals surface area contributed by atoms with E-state index in [4.69, 9.17) is 21.1 Å². The van der Waals surface area contributed by atoms with E-state index in [2.05, 4.69) is 4.98 Å². The molecule has 1 aliphatic rings. The van der Waals surface area contributed by atoms with Crippen LogP contribution in [0.2, 0.25) is 5.02 Å². The molecule has 0 N–H and O–H groups in total. The molecule has 0 radical (unpaired) electrons. The molecule has 2 aromatic heterocycles. The average molecular weight is 496 g/mol. The van der Waals surface area contributed by atoms with Crippen LogP contribution in [-0.2, 0) is 36.3 Å². The van der Waals surface area contributed by atoms with E-state index in [1.54, 1.807) is 29.9 Å². The highest BCUT2D eigenvalue weighted by Gasteiger charge is 2.30. The zero-order chi connectivity index (χ0) is 24.7. The third-order valence-electron chi connectivity index (χ3n) is 5.96. The number of esters is 1.